The molecule has 114 valence electrons. The highest BCUT2D eigenvalue weighted by molar-refractivity contribution is 6.03. The van der Waals surface area contributed by atoms with Gasteiger partial charge in [-0.2, -0.15) is 0 Å². The van der Waals surface area contributed by atoms with Gasteiger partial charge in [-0.05, 0) is 32.0 Å². The average molecular weight is 309 g/mol. The van der Waals surface area contributed by atoms with Crippen molar-refractivity contribution in [3.8, 4) is 0 Å². The van der Waals surface area contributed by atoms with Crippen molar-refractivity contribution in [1.29, 1.82) is 0 Å². The molecule has 1 fully saturated rings. The van der Waals surface area contributed by atoms with E-state index in [0.717, 1.165) is 24.0 Å². The smallest absolute Gasteiger partial charge is 0.337 e. The number of hydrogen-bond donors (Lipinski definition) is 1. The van der Waals surface area contributed by atoms with Gasteiger partial charge in [0, 0.05) is 30.2 Å². The summed E-state index contributed by atoms with van der Waals surface area (Å²) in [5, 5.41) is 10.1. The quantitative estimate of drug-likeness (QED) is 0.943. The molecule has 0 amide bonds. The van der Waals surface area contributed by atoms with Crippen LogP contribution in [0.2, 0.25) is 0 Å². The summed E-state index contributed by atoms with van der Waals surface area (Å²) < 4.78 is 2.08. The third-order valence-corrected chi connectivity index (χ3v) is 4.12. The van der Waals surface area contributed by atoms with Crippen molar-refractivity contribution in [3.05, 3.63) is 36.0 Å². The lowest BCUT2D eigenvalue weighted by Gasteiger charge is -2.26. The molecule has 0 aliphatic carbocycles. The molecular formula is C16H21ClN2O2. The molecule has 1 saturated heterocycles. The summed E-state index contributed by atoms with van der Waals surface area (Å²) >= 11 is 0. The SMILES string of the molecule is Cl.O=C(O)c1cn(CCN2CCCCC2)c2ccccc12. The number of aromatic carboxylic acids is 1. The Bertz CT molecular complexity index is 618. The molecule has 4 nitrogen and oxygen atoms in total. The van der Waals surface area contributed by atoms with Gasteiger partial charge >= 0.3 is 5.97 Å². The molecule has 1 aliphatic heterocycles. The number of piperidine rings is 1. The lowest BCUT2D eigenvalue weighted by atomic mass is 10.1. The van der Waals surface area contributed by atoms with Crippen molar-refractivity contribution in [1.82, 2.24) is 9.47 Å². The molecule has 2 heterocycles. The van der Waals surface area contributed by atoms with Crippen molar-refractivity contribution < 1.29 is 9.90 Å². The van der Waals surface area contributed by atoms with Crippen LogP contribution in [0.3, 0.4) is 0 Å². The molecule has 3 rings (SSSR count). The fourth-order valence-electron chi connectivity index (χ4n) is 3.03. The number of para-hydroxylation sites is 1. The van der Waals surface area contributed by atoms with Crippen LogP contribution >= 0.6 is 12.4 Å². The van der Waals surface area contributed by atoms with Crippen LogP contribution in [0.15, 0.2) is 30.5 Å². The summed E-state index contributed by atoms with van der Waals surface area (Å²) in [6, 6.07) is 7.74. The van der Waals surface area contributed by atoms with Gasteiger partial charge in [-0.3, -0.25) is 0 Å². The van der Waals surface area contributed by atoms with Crippen LogP contribution < -0.4 is 0 Å². The van der Waals surface area contributed by atoms with E-state index in [1.165, 1.54) is 32.4 Å². The van der Waals surface area contributed by atoms with E-state index in [1.807, 2.05) is 24.3 Å². The minimum Gasteiger partial charge on any atom is -0.478 e. The van der Waals surface area contributed by atoms with Gasteiger partial charge in [0.15, 0.2) is 0 Å². The Kier molecular flexibility index (Phi) is 5.26. The Labute approximate surface area is 130 Å². The van der Waals surface area contributed by atoms with E-state index >= 15 is 0 Å². The molecular weight excluding hydrogens is 288 g/mol. The molecule has 1 aromatic carbocycles. The molecule has 5 heteroatoms. The monoisotopic (exact) mass is 308 g/mol. The average Bonchev–Trinajstić information content (AvgIpc) is 2.85. The van der Waals surface area contributed by atoms with E-state index in [9.17, 15) is 9.90 Å². The van der Waals surface area contributed by atoms with Crippen LogP contribution in [0.25, 0.3) is 10.9 Å². The van der Waals surface area contributed by atoms with Crippen molar-refractivity contribution in [3.63, 3.8) is 0 Å². The Hall–Kier alpha value is -1.52. The topological polar surface area (TPSA) is 45.5 Å². The highest BCUT2D eigenvalue weighted by Crippen LogP contribution is 2.21. The zero-order chi connectivity index (χ0) is 13.9. The molecule has 0 spiro atoms. The number of likely N-dealkylation sites (tertiary alicyclic amines) is 1. The molecule has 21 heavy (non-hydrogen) atoms. The molecule has 0 atom stereocenters. The molecule has 1 aromatic heterocycles. The first-order chi connectivity index (χ1) is 9.75. The zero-order valence-electron chi connectivity index (χ0n) is 12.0. The molecule has 1 aliphatic rings. The van der Waals surface area contributed by atoms with Gasteiger partial charge in [-0.1, -0.05) is 24.6 Å². The Balaban J connectivity index is 0.00000161. The number of fused-ring (bicyclic) bond motifs is 1. The lowest BCUT2D eigenvalue weighted by molar-refractivity contribution is 0.0698. The number of carboxylic acid groups (broad SMARTS) is 1. The van der Waals surface area contributed by atoms with Gasteiger partial charge in [-0.15, -0.1) is 12.4 Å². The number of carbonyl (C=O) groups is 1. The number of halogens is 1. The number of carboxylic acids is 1. The predicted molar refractivity (Wildman–Crippen MR) is 86.4 cm³/mol. The first kappa shape index (κ1) is 15.9. The fourth-order valence-corrected chi connectivity index (χ4v) is 3.03. The van der Waals surface area contributed by atoms with Crippen molar-refractivity contribution >= 4 is 29.3 Å². The summed E-state index contributed by atoms with van der Waals surface area (Å²) in [6.45, 7) is 4.20. The molecule has 0 saturated carbocycles. The second-order valence-corrected chi connectivity index (χ2v) is 5.46. The maximum absolute atomic E-state index is 11.3. The number of hydrogen-bond acceptors (Lipinski definition) is 2. The van der Waals surface area contributed by atoms with E-state index in [0.29, 0.717) is 5.56 Å². The van der Waals surface area contributed by atoms with E-state index in [1.54, 1.807) is 6.20 Å². The summed E-state index contributed by atoms with van der Waals surface area (Å²) in [5.74, 6) is -0.849. The van der Waals surface area contributed by atoms with Crippen LogP contribution in [0.5, 0.6) is 0 Å². The van der Waals surface area contributed by atoms with Gasteiger partial charge in [0.25, 0.3) is 0 Å². The minimum absolute atomic E-state index is 0. The Morgan fingerprint density at radius 3 is 2.52 bits per heavy atom. The van der Waals surface area contributed by atoms with Gasteiger partial charge in [0.2, 0.25) is 0 Å². The minimum atomic E-state index is -0.849. The fraction of sp³-hybridized carbons (Fsp3) is 0.438. The largest absolute Gasteiger partial charge is 0.478 e. The molecule has 0 radical (unpaired) electrons. The molecule has 0 unspecified atom stereocenters. The Morgan fingerprint density at radius 2 is 1.81 bits per heavy atom. The van der Waals surface area contributed by atoms with Crippen molar-refractivity contribution in [2.24, 2.45) is 0 Å². The van der Waals surface area contributed by atoms with E-state index in [2.05, 4.69) is 9.47 Å². The third-order valence-electron chi connectivity index (χ3n) is 4.12. The number of aromatic nitrogens is 1. The molecule has 2 aromatic rings. The van der Waals surface area contributed by atoms with Gasteiger partial charge in [0.1, 0.15) is 0 Å². The summed E-state index contributed by atoms with van der Waals surface area (Å²) in [5.41, 5.74) is 1.42. The second-order valence-electron chi connectivity index (χ2n) is 5.46. The van der Waals surface area contributed by atoms with Gasteiger partial charge < -0.3 is 14.6 Å². The lowest BCUT2D eigenvalue weighted by Crippen LogP contribution is -2.32. The van der Waals surface area contributed by atoms with Gasteiger partial charge in [-0.25, -0.2) is 4.79 Å². The van der Waals surface area contributed by atoms with Crippen LogP contribution in [0, 0.1) is 0 Å². The normalized spacial score (nSPS) is 15.8. The van der Waals surface area contributed by atoms with Crippen molar-refractivity contribution in [2.45, 2.75) is 25.8 Å². The third kappa shape index (κ3) is 3.39. The number of benzene rings is 1. The van der Waals surface area contributed by atoms with Crippen LogP contribution in [-0.2, 0) is 6.54 Å². The summed E-state index contributed by atoms with van der Waals surface area (Å²) in [6.07, 6.45) is 5.68. The van der Waals surface area contributed by atoms with Crippen LogP contribution in [0.1, 0.15) is 29.6 Å². The van der Waals surface area contributed by atoms with Crippen LogP contribution in [-0.4, -0.2) is 40.2 Å². The number of rotatable bonds is 4. The second kappa shape index (κ2) is 6.96. The first-order valence-electron chi connectivity index (χ1n) is 7.29. The standard InChI is InChI=1S/C16H20N2O2.ClH/c19-16(20)14-12-18(15-7-3-2-6-13(14)15)11-10-17-8-4-1-5-9-17;/h2-3,6-7,12H,1,4-5,8-11H2,(H,19,20);1H. The highest BCUT2D eigenvalue weighted by atomic mass is 35.5. The van der Waals surface area contributed by atoms with Crippen LogP contribution in [0.4, 0.5) is 0 Å². The molecule has 1 N–H and O–H groups in total. The zero-order valence-corrected chi connectivity index (χ0v) is 12.8. The maximum Gasteiger partial charge on any atom is 0.337 e. The highest BCUT2D eigenvalue weighted by Gasteiger charge is 2.15. The maximum atomic E-state index is 11.3. The van der Waals surface area contributed by atoms with E-state index in [-0.39, 0.29) is 12.4 Å². The molecule has 0 bridgehead atoms. The number of nitrogens with zero attached hydrogens (tertiary/aromatic N) is 2. The van der Waals surface area contributed by atoms with Gasteiger partial charge in [0.05, 0.1) is 5.56 Å². The summed E-state index contributed by atoms with van der Waals surface area (Å²) in [7, 11) is 0. The predicted octanol–water partition coefficient (Wildman–Crippen LogP) is 3.25. The first-order valence-corrected chi connectivity index (χ1v) is 7.29. The van der Waals surface area contributed by atoms with E-state index < -0.39 is 5.97 Å². The summed E-state index contributed by atoms with van der Waals surface area (Å²) in [4.78, 5) is 13.8. The van der Waals surface area contributed by atoms with Crippen molar-refractivity contribution in [2.75, 3.05) is 19.6 Å². The Morgan fingerprint density at radius 1 is 1.10 bits per heavy atom. The van der Waals surface area contributed by atoms with E-state index in [4.69, 9.17) is 0 Å².